The van der Waals surface area contributed by atoms with Crippen LogP contribution in [0, 0.1) is 11.8 Å². The summed E-state index contributed by atoms with van der Waals surface area (Å²) in [5.41, 5.74) is 1.22. The number of rotatable bonds is 6. The molecular formula is C19H28BrClN2O. The number of nitrogens with one attached hydrogen (secondary N) is 1. The lowest BCUT2D eigenvalue weighted by molar-refractivity contribution is -0.133. The van der Waals surface area contributed by atoms with Gasteiger partial charge in [0.15, 0.2) is 0 Å². The van der Waals surface area contributed by atoms with Gasteiger partial charge in [-0.05, 0) is 68.3 Å². The topological polar surface area (TPSA) is 32.3 Å². The van der Waals surface area contributed by atoms with E-state index < -0.39 is 0 Å². The van der Waals surface area contributed by atoms with Gasteiger partial charge in [0, 0.05) is 23.5 Å². The maximum absolute atomic E-state index is 12.9. The normalized spacial score (nSPS) is 19.4. The Labute approximate surface area is 160 Å². The average molecular weight is 416 g/mol. The second-order valence-corrected chi connectivity index (χ2v) is 8.07. The molecule has 134 valence electrons. The number of piperidine rings is 1. The Morgan fingerprint density at radius 2 is 2.00 bits per heavy atom. The van der Waals surface area contributed by atoms with Crippen LogP contribution in [0.4, 0.5) is 0 Å². The first-order valence-corrected chi connectivity index (χ1v) is 9.67. The summed E-state index contributed by atoms with van der Waals surface area (Å²) in [5, 5.41) is 3.41. The quantitative estimate of drug-likeness (QED) is 0.747. The fourth-order valence-electron chi connectivity index (χ4n) is 3.61. The molecule has 0 bridgehead atoms. The van der Waals surface area contributed by atoms with Gasteiger partial charge in [0.1, 0.15) is 0 Å². The van der Waals surface area contributed by atoms with Gasteiger partial charge in [0.05, 0.1) is 0 Å². The summed E-state index contributed by atoms with van der Waals surface area (Å²) in [4.78, 5) is 15.0. The Balaban J connectivity index is 0.00000208. The minimum absolute atomic E-state index is 0. The number of amides is 1. The summed E-state index contributed by atoms with van der Waals surface area (Å²) in [6.45, 7) is 5.22. The van der Waals surface area contributed by atoms with Crippen molar-refractivity contribution in [3.63, 3.8) is 0 Å². The van der Waals surface area contributed by atoms with E-state index >= 15 is 0 Å². The first kappa shape index (κ1) is 19.7. The largest absolute Gasteiger partial charge is 0.335 e. The van der Waals surface area contributed by atoms with E-state index in [4.69, 9.17) is 0 Å². The number of carbonyl (C=O) groups excluding carboxylic acids is 1. The van der Waals surface area contributed by atoms with Crippen molar-refractivity contribution in [2.75, 3.05) is 13.1 Å². The lowest BCUT2D eigenvalue weighted by atomic mass is 9.84. The summed E-state index contributed by atoms with van der Waals surface area (Å²) >= 11 is 3.52. The molecule has 3 nitrogen and oxygen atoms in total. The van der Waals surface area contributed by atoms with Crippen LogP contribution in [0.5, 0.6) is 0 Å². The van der Waals surface area contributed by atoms with Crippen molar-refractivity contribution in [1.82, 2.24) is 10.2 Å². The zero-order valence-corrected chi connectivity index (χ0v) is 16.7. The van der Waals surface area contributed by atoms with E-state index in [1.165, 1.54) is 31.2 Å². The summed E-state index contributed by atoms with van der Waals surface area (Å²) < 4.78 is 1.08. The average Bonchev–Trinajstić information content (AvgIpc) is 3.38. The Bertz CT molecular complexity index is 544. The molecule has 1 aliphatic carbocycles. The van der Waals surface area contributed by atoms with Gasteiger partial charge in [0.25, 0.3) is 0 Å². The molecule has 1 aromatic rings. The molecule has 0 spiro atoms. The van der Waals surface area contributed by atoms with Gasteiger partial charge in [-0.15, -0.1) is 12.4 Å². The van der Waals surface area contributed by atoms with E-state index in [0.717, 1.165) is 24.1 Å². The minimum atomic E-state index is 0. The molecule has 24 heavy (non-hydrogen) atoms. The van der Waals surface area contributed by atoms with Crippen molar-refractivity contribution >= 4 is 34.2 Å². The van der Waals surface area contributed by atoms with E-state index in [-0.39, 0.29) is 12.4 Å². The third-order valence-corrected chi connectivity index (χ3v) is 5.73. The smallest absolute Gasteiger partial charge is 0.223 e. The highest BCUT2D eigenvalue weighted by Crippen LogP contribution is 2.31. The van der Waals surface area contributed by atoms with E-state index in [2.05, 4.69) is 45.2 Å². The van der Waals surface area contributed by atoms with Crippen LogP contribution in [0.15, 0.2) is 28.7 Å². The molecule has 1 aromatic carbocycles. The fraction of sp³-hybridized carbons (Fsp3) is 0.632. The van der Waals surface area contributed by atoms with Crippen LogP contribution in [0.25, 0.3) is 0 Å². The van der Waals surface area contributed by atoms with Crippen LogP contribution >= 0.6 is 28.3 Å². The molecule has 1 atom stereocenters. The van der Waals surface area contributed by atoms with Crippen molar-refractivity contribution in [3.05, 3.63) is 34.3 Å². The molecule has 1 unspecified atom stereocenters. The molecule has 0 radical (unpaired) electrons. The van der Waals surface area contributed by atoms with Crippen molar-refractivity contribution in [2.24, 2.45) is 11.8 Å². The molecule has 2 aliphatic rings. The van der Waals surface area contributed by atoms with Gasteiger partial charge in [-0.3, -0.25) is 4.79 Å². The Kier molecular flexibility index (Phi) is 7.58. The Morgan fingerprint density at radius 1 is 1.29 bits per heavy atom. The molecule has 2 fully saturated rings. The van der Waals surface area contributed by atoms with Crippen LogP contribution in [0.1, 0.15) is 44.6 Å². The van der Waals surface area contributed by atoms with Crippen LogP contribution in [0.2, 0.25) is 0 Å². The zero-order valence-electron chi connectivity index (χ0n) is 14.3. The van der Waals surface area contributed by atoms with Crippen LogP contribution in [-0.2, 0) is 11.3 Å². The predicted molar refractivity (Wildman–Crippen MR) is 104 cm³/mol. The molecule has 1 aliphatic heterocycles. The van der Waals surface area contributed by atoms with Gasteiger partial charge in [-0.1, -0.05) is 35.0 Å². The summed E-state index contributed by atoms with van der Waals surface area (Å²) in [6, 6.07) is 8.79. The predicted octanol–water partition coefficient (Wildman–Crippen LogP) is 4.39. The number of halogens is 2. The molecule has 1 saturated heterocycles. The van der Waals surface area contributed by atoms with Gasteiger partial charge < -0.3 is 10.2 Å². The number of hydrogen-bond donors (Lipinski definition) is 1. The molecular weight excluding hydrogens is 388 g/mol. The highest BCUT2D eigenvalue weighted by atomic mass is 79.9. The van der Waals surface area contributed by atoms with Crippen LogP contribution < -0.4 is 5.32 Å². The SMILES string of the molecule is CC(CC(=O)N(Cc1cccc(Br)c1)C1CC1)C1CCNCC1.Cl. The summed E-state index contributed by atoms with van der Waals surface area (Å²) in [6.07, 6.45) is 5.46. The number of benzene rings is 1. The lowest BCUT2D eigenvalue weighted by Gasteiger charge is -2.30. The fourth-order valence-corrected chi connectivity index (χ4v) is 4.06. The summed E-state index contributed by atoms with van der Waals surface area (Å²) in [5.74, 6) is 1.54. The van der Waals surface area contributed by atoms with E-state index in [1.54, 1.807) is 0 Å². The van der Waals surface area contributed by atoms with E-state index in [9.17, 15) is 4.79 Å². The van der Waals surface area contributed by atoms with Gasteiger partial charge in [-0.2, -0.15) is 0 Å². The van der Waals surface area contributed by atoms with Gasteiger partial charge >= 0.3 is 0 Å². The molecule has 0 aromatic heterocycles. The number of carbonyl (C=O) groups is 1. The third kappa shape index (κ3) is 5.47. The Hall–Kier alpha value is -0.580. The number of hydrogen-bond acceptors (Lipinski definition) is 2. The van der Waals surface area contributed by atoms with Gasteiger partial charge in [0.2, 0.25) is 5.91 Å². The van der Waals surface area contributed by atoms with E-state index in [1.807, 2.05) is 12.1 Å². The maximum atomic E-state index is 12.9. The monoisotopic (exact) mass is 414 g/mol. The standard InChI is InChI=1S/C19H27BrN2O.ClH/c1-14(16-7-9-21-10-8-16)11-19(23)22(18-5-6-18)13-15-3-2-4-17(20)12-15;/h2-4,12,14,16,18,21H,5-11,13H2,1H3;1H. The molecule has 1 amide bonds. The molecule has 3 rings (SSSR count). The van der Waals surface area contributed by atoms with Gasteiger partial charge in [-0.25, -0.2) is 0 Å². The molecule has 1 saturated carbocycles. The molecule has 5 heteroatoms. The first-order chi connectivity index (χ1) is 11.1. The zero-order chi connectivity index (χ0) is 16.2. The van der Waals surface area contributed by atoms with Crippen molar-refractivity contribution in [2.45, 2.75) is 51.6 Å². The maximum Gasteiger partial charge on any atom is 0.223 e. The highest BCUT2D eigenvalue weighted by Gasteiger charge is 2.34. The molecule has 1 heterocycles. The van der Waals surface area contributed by atoms with Crippen LogP contribution in [-0.4, -0.2) is 29.9 Å². The summed E-state index contributed by atoms with van der Waals surface area (Å²) in [7, 11) is 0. The van der Waals surface area contributed by atoms with E-state index in [0.29, 0.717) is 30.2 Å². The lowest BCUT2D eigenvalue weighted by Crippen LogP contribution is -2.36. The van der Waals surface area contributed by atoms with Crippen molar-refractivity contribution < 1.29 is 4.79 Å². The van der Waals surface area contributed by atoms with Crippen molar-refractivity contribution in [1.29, 1.82) is 0 Å². The second-order valence-electron chi connectivity index (χ2n) is 7.15. The number of nitrogens with zero attached hydrogens (tertiary/aromatic N) is 1. The second kappa shape index (κ2) is 9.21. The minimum Gasteiger partial charge on any atom is -0.335 e. The van der Waals surface area contributed by atoms with Crippen molar-refractivity contribution in [3.8, 4) is 0 Å². The highest BCUT2D eigenvalue weighted by molar-refractivity contribution is 9.10. The third-order valence-electron chi connectivity index (χ3n) is 5.24. The molecule has 1 N–H and O–H groups in total. The Morgan fingerprint density at radius 3 is 2.62 bits per heavy atom. The first-order valence-electron chi connectivity index (χ1n) is 8.88. The van der Waals surface area contributed by atoms with Crippen LogP contribution in [0.3, 0.4) is 0 Å².